The third kappa shape index (κ3) is 3.08. The molecule has 1 saturated heterocycles. The smallest absolute Gasteiger partial charge is 0.267 e. The van der Waals surface area contributed by atoms with Gasteiger partial charge in [-0.25, -0.2) is 9.97 Å². The fraction of sp³-hybridized carbons (Fsp3) is 0.200. The number of amides is 1. The van der Waals surface area contributed by atoms with Gasteiger partial charge in [0.2, 0.25) is 11.5 Å². The first-order chi connectivity index (χ1) is 13.4. The number of nitrogen functional groups attached to an aromatic ring is 2. The summed E-state index contributed by atoms with van der Waals surface area (Å²) in [5, 5.41) is 10.4. The lowest BCUT2D eigenvalue weighted by Crippen LogP contribution is -2.37. The second-order valence-electron chi connectivity index (χ2n) is 6.70. The summed E-state index contributed by atoms with van der Waals surface area (Å²) in [6.07, 6.45) is 0.295. The molecule has 0 spiro atoms. The van der Waals surface area contributed by atoms with E-state index in [9.17, 15) is 9.90 Å². The van der Waals surface area contributed by atoms with E-state index in [0.29, 0.717) is 35.3 Å². The molecular weight excluding hydrogens is 356 g/mol. The van der Waals surface area contributed by atoms with Crippen LogP contribution >= 0.6 is 0 Å². The van der Waals surface area contributed by atoms with Crippen molar-refractivity contribution < 1.29 is 9.90 Å². The van der Waals surface area contributed by atoms with Crippen molar-refractivity contribution in [1.82, 2.24) is 19.9 Å². The molecule has 2 aromatic heterocycles. The summed E-state index contributed by atoms with van der Waals surface area (Å²) in [4.78, 5) is 26.1. The molecule has 1 aliphatic heterocycles. The Kier molecular flexibility index (Phi) is 4.09. The van der Waals surface area contributed by atoms with Crippen LogP contribution in [0.4, 0.5) is 11.8 Å². The van der Waals surface area contributed by atoms with Gasteiger partial charge in [-0.05, 0) is 24.3 Å². The molecule has 1 aromatic carbocycles. The first-order valence-corrected chi connectivity index (χ1v) is 8.67. The molecule has 1 aliphatic rings. The Morgan fingerprint density at radius 1 is 1.18 bits per heavy atom. The van der Waals surface area contributed by atoms with E-state index in [1.54, 1.807) is 13.1 Å². The Balaban J connectivity index is 1.70. The van der Waals surface area contributed by atoms with E-state index in [1.165, 1.54) is 4.90 Å². The van der Waals surface area contributed by atoms with Crippen LogP contribution in [0.1, 0.15) is 12.0 Å². The standard InChI is InChI=1S/C20H18N6O2/c1-26-10-9-20(28,18(26)27)8-7-12-3-2-4-13(11-12)14-5-6-15-16(23-14)17(21)25-19(22)24-15/h2-6,11,28H,9-10H2,1H3,(H4,21,22,24,25). The fourth-order valence-corrected chi connectivity index (χ4v) is 3.12. The average Bonchev–Trinajstić information content (AvgIpc) is 2.94. The summed E-state index contributed by atoms with van der Waals surface area (Å²) < 4.78 is 0. The van der Waals surface area contributed by atoms with Crippen molar-refractivity contribution >= 4 is 28.7 Å². The predicted molar refractivity (Wildman–Crippen MR) is 106 cm³/mol. The normalized spacial score (nSPS) is 18.9. The number of likely N-dealkylation sites (tertiary alicyclic amines) is 1. The molecule has 8 heteroatoms. The third-order valence-corrected chi connectivity index (χ3v) is 4.67. The molecule has 3 aromatic rings. The van der Waals surface area contributed by atoms with Crippen LogP contribution in [-0.2, 0) is 4.79 Å². The maximum Gasteiger partial charge on any atom is 0.267 e. The van der Waals surface area contributed by atoms with E-state index in [-0.39, 0.29) is 17.7 Å². The minimum Gasteiger partial charge on any atom is -0.382 e. The van der Waals surface area contributed by atoms with Crippen LogP contribution in [0.5, 0.6) is 0 Å². The van der Waals surface area contributed by atoms with Crippen LogP contribution in [0.2, 0.25) is 0 Å². The lowest BCUT2D eigenvalue weighted by atomic mass is 10.0. The van der Waals surface area contributed by atoms with Gasteiger partial charge < -0.3 is 21.5 Å². The number of rotatable bonds is 1. The zero-order valence-electron chi connectivity index (χ0n) is 15.2. The van der Waals surface area contributed by atoms with Crippen LogP contribution in [-0.4, -0.2) is 50.1 Å². The van der Waals surface area contributed by atoms with Crippen molar-refractivity contribution in [1.29, 1.82) is 0 Å². The number of hydrogen-bond acceptors (Lipinski definition) is 7. The number of pyridine rings is 1. The Morgan fingerprint density at radius 3 is 2.75 bits per heavy atom. The second-order valence-corrected chi connectivity index (χ2v) is 6.70. The van der Waals surface area contributed by atoms with E-state index in [1.807, 2.05) is 30.3 Å². The maximum atomic E-state index is 12.0. The molecule has 3 heterocycles. The zero-order chi connectivity index (χ0) is 19.9. The van der Waals surface area contributed by atoms with Gasteiger partial charge in [-0.1, -0.05) is 24.0 Å². The highest BCUT2D eigenvalue weighted by Crippen LogP contribution is 2.24. The first-order valence-electron chi connectivity index (χ1n) is 8.67. The Hall–Kier alpha value is -3.70. The number of nitrogens with zero attached hydrogens (tertiary/aromatic N) is 4. The lowest BCUT2D eigenvalue weighted by Gasteiger charge is -2.13. The zero-order valence-corrected chi connectivity index (χ0v) is 15.2. The monoisotopic (exact) mass is 374 g/mol. The quantitative estimate of drug-likeness (QED) is 0.537. The highest BCUT2D eigenvalue weighted by atomic mass is 16.3. The van der Waals surface area contributed by atoms with Gasteiger partial charge in [-0.15, -0.1) is 0 Å². The number of aromatic nitrogens is 3. The summed E-state index contributed by atoms with van der Waals surface area (Å²) in [6.45, 7) is 0.485. The summed E-state index contributed by atoms with van der Waals surface area (Å²) >= 11 is 0. The fourth-order valence-electron chi connectivity index (χ4n) is 3.12. The molecule has 8 nitrogen and oxygen atoms in total. The molecule has 5 N–H and O–H groups in total. The lowest BCUT2D eigenvalue weighted by molar-refractivity contribution is -0.137. The minimum atomic E-state index is -1.63. The number of carbonyl (C=O) groups is 1. The van der Waals surface area contributed by atoms with Gasteiger partial charge in [0.1, 0.15) is 5.52 Å². The second kappa shape index (κ2) is 6.48. The molecule has 140 valence electrons. The summed E-state index contributed by atoms with van der Waals surface area (Å²) in [5.74, 6) is 5.56. The van der Waals surface area contributed by atoms with Gasteiger partial charge in [-0.2, -0.15) is 4.98 Å². The van der Waals surface area contributed by atoms with Crippen LogP contribution in [0.25, 0.3) is 22.3 Å². The molecule has 0 saturated carbocycles. The Morgan fingerprint density at radius 2 is 2.00 bits per heavy atom. The van der Waals surface area contributed by atoms with E-state index in [2.05, 4.69) is 26.8 Å². The molecule has 4 rings (SSSR count). The molecule has 0 radical (unpaired) electrons. The average molecular weight is 374 g/mol. The van der Waals surface area contributed by atoms with E-state index in [0.717, 1.165) is 5.56 Å². The third-order valence-electron chi connectivity index (χ3n) is 4.67. The number of benzene rings is 1. The predicted octanol–water partition coefficient (Wildman–Crippen LogP) is 0.801. The van der Waals surface area contributed by atoms with E-state index < -0.39 is 5.60 Å². The molecule has 0 aliphatic carbocycles. The number of likely N-dealkylation sites (N-methyl/N-ethyl adjacent to an activating group) is 1. The van der Waals surface area contributed by atoms with E-state index >= 15 is 0 Å². The van der Waals surface area contributed by atoms with Gasteiger partial charge in [-0.3, -0.25) is 4.79 Å². The molecule has 1 unspecified atom stereocenters. The molecule has 0 bridgehead atoms. The van der Waals surface area contributed by atoms with Crippen LogP contribution in [0.15, 0.2) is 36.4 Å². The largest absolute Gasteiger partial charge is 0.382 e. The molecule has 1 fully saturated rings. The first kappa shape index (κ1) is 17.7. The number of fused-ring (bicyclic) bond motifs is 1. The van der Waals surface area contributed by atoms with Gasteiger partial charge in [0, 0.05) is 31.1 Å². The maximum absolute atomic E-state index is 12.0. The summed E-state index contributed by atoms with van der Waals surface area (Å²) in [7, 11) is 1.65. The van der Waals surface area contributed by atoms with Crippen molar-refractivity contribution in [3.8, 4) is 23.1 Å². The molecule has 1 atom stereocenters. The molecular formula is C20H18N6O2. The van der Waals surface area contributed by atoms with Crippen molar-refractivity contribution in [2.75, 3.05) is 25.1 Å². The summed E-state index contributed by atoms with van der Waals surface area (Å²) in [5.41, 5.74) is 13.1. The van der Waals surface area contributed by atoms with Crippen molar-refractivity contribution in [2.24, 2.45) is 0 Å². The van der Waals surface area contributed by atoms with Crippen LogP contribution < -0.4 is 11.5 Å². The van der Waals surface area contributed by atoms with Crippen molar-refractivity contribution in [2.45, 2.75) is 12.0 Å². The highest BCUT2D eigenvalue weighted by Gasteiger charge is 2.42. The topological polar surface area (TPSA) is 131 Å². The Labute approximate surface area is 161 Å². The van der Waals surface area contributed by atoms with Gasteiger partial charge in [0.15, 0.2) is 5.82 Å². The number of aliphatic hydroxyl groups is 1. The number of anilines is 2. The molecule has 28 heavy (non-hydrogen) atoms. The number of carbonyl (C=O) groups excluding carboxylic acids is 1. The highest BCUT2D eigenvalue weighted by molar-refractivity contribution is 5.90. The molecule has 1 amide bonds. The summed E-state index contributed by atoms with van der Waals surface area (Å²) in [6, 6.07) is 11.0. The van der Waals surface area contributed by atoms with Crippen LogP contribution in [0, 0.1) is 11.8 Å². The SMILES string of the molecule is CN1CCC(O)(C#Cc2cccc(-c3ccc4nc(N)nc(N)c4n3)c2)C1=O. The van der Waals surface area contributed by atoms with Crippen molar-refractivity contribution in [3.05, 3.63) is 42.0 Å². The van der Waals surface area contributed by atoms with Crippen LogP contribution in [0.3, 0.4) is 0 Å². The number of hydrogen-bond donors (Lipinski definition) is 3. The Bertz CT molecular complexity index is 1170. The van der Waals surface area contributed by atoms with Gasteiger partial charge in [0.05, 0.1) is 11.2 Å². The van der Waals surface area contributed by atoms with Crippen molar-refractivity contribution in [3.63, 3.8) is 0 Å². The minimum absolute atomic E-state index is 0.0989. The van der Waals surface area contributed by atoms with Gasteiger partial charge in [0.25, 0.3) is 5.91 Å². The van der Waals surface area contributed by atoms with E-state index in [4.69, 9.17) is 11.5 Å². The number of nitrogens with two attached hydrogens (primary N) is 2. The van der Waals surface area contributed by atoms with Gasteiger partial charge >= 0.3 is 0 Å².